The van der Waals surface area contributed by atoms with E-state index in [1.807, 2.05) is 0 Å². The third-order valence-corrected chi connectivity index (χ3v) is 5.30. The lowest BCUT2D eigenvalue weighted by Crippen LogP contribution is -2.54. The first-order valence-electron chi connectivity index (χ1n) is 8.64. The summed E-state index contributed by atoms with van der Waals surface area (Å²) in [6, 6.07) is 0.671. The summed E-state index contributed by atoms with van der Waals surface area (Å²) in [6.07, 6.45) is 5.74. The van der Waals surface area contributed by atoms with E-state index in [9.17, 15) is 0 Å². The molecule has 2 aliphatic rings. The molecule has 0 aromatic carbocycles. The lowest BCUT2D eigenvalue weighted by molar-refractivity contribution is -0.0415. The molecule has 3 unspecified atom stereocenters. The van der Waals surface area contributed by atoms with Gasteiger partial charge >= 0.3 is 0 Å². The van der Waals surface area contributed by atoms with Gasteiger partial charge in [0.25, 0.3) is 0 Å². The van der Waals surface area contributed by atoms with Crippen molar-refractivity contribution in [3.05, 3.63) is 0 Å². The summed E-state index contributed by atoms with van der Waals surface area (Å²) in [4.78, 5) is 2.65. The highest BCUT2D eigenvalue weighted by Crippen LogP contribution is 2.39. The highest BCUT2D eigenvalue weighted by atomic mass is 16.5. The average molecular weight is 282 g/mol. The second-order valence-corrected chi connectivity index (χ2v) is 7.34. The molecule has 0 aromatic heterocycles. The molecule has 0 bridgehead atoms. The molecule has 2 rings (SSSR count). The van der Waals surface area contributed by atoms with E-state index >= 15 is 0 Å². The molecule has 0 aromatic rings. The topological polar surface area (TPSA) is 24.5 Å². The summed E-state index contributed by atoms with van der Waals surface area (Å²) in [5, 5.41) is 3.78. The number of rotatable bonds is 5. The van der Waals surface area contributed by atoms with Gasteiger partial charge in [-0.3, -0.25) is 4.90 Å². The van der Waals surface area contributed by atoms with Crippen LogP contribution in [0.15, 0.2) is 0 Å². The van der Waals surface area contributed by atoms with Crippen LogP contribution in [0.5, 0.6) is 0 Å². The van der Waals surface area contributed by atoms with Crippen LogP contribution in [0.3, 0.4) is 0 Å². The lowest BCUT2D eigenvalue weighted by atomic mass is 9.67. The largest absolute Gasteiger partial charge is 0.376 e. The maximum atomic E-state index is 5.80. The van der Waals surface area contributed by atoms with Crippen LogP contribution in [-0.2, 0) is 4.74 Å². The molecule has 0 amide bonds. The Morgan fingerprint density at radius 1 is 1.30 bits per heavy atom. The van der Waals surface area contributed by atoms with Crippen molar-refractivity contribution in [2.24, 2.45) is 11.3 Å². The maximum Gasteiger partial charge on any atom is 0.0700 e. The molecule has 3 nitrogen and oxygen atoms in total. The molecule has 0 radical (unpaired) electrons. The van der Waals surface area contributed by atoms with E-state index in [0.717, 1.165) is 38.6 Å². The zero-order valence-corrected chi connectivity index (χ0v) is 14.0. The number of morpholine rings is 1. The number of hydrogen-bond donors (Lipinski definition) is 1. The first kappa shape index (κ1) is 16.3. The third kappa shape index (κ3) is 3.96. The fourth-order valence-corrected chi connectivity index (χ4v) is 4.16. The minimum Gasteiger partial charge on any atom is -0.376 e. The SMILES string of the molecule is CCNC1C(CN2CCOC(CC)C2)CCCC1(C)C. The zero-order chi connectivity index (χ0) is 14.6. The van der Waals surface area contributed by atoms with Gasteiger partial charge in [0.2, 0.25) is 0 Å². The molecule has 1 aliphatic carbocycles. The Kier molecular flexibility index (Phi) is 5.88. The van der Waals surface area contributed by atoms with Gasteiger partial charge in [-0.15, -0.1) is 0 Å². The van der Waals surface area contributed by atoms with Crippen molar-refractivity contribution in [2.75, 3.05) is 32.8 Å². The second kappa shape index (κ2) is 7.24. The van der Waals surface area contributed by atoms with Crippen LogP contribution in [-0.4, -0.2) is 49.8 Å². The number of ether oxygens (including phenoxy) is 1. The van der Waals surface area contributed by atoms with Crippen molar-refractivity contribution in [2.45, 2.75) is 65.5 Å². The summed E-state index contributed by atoms with van der Waals surface area (Å²) in [7, 11) is 0. The highest BCUT2D eigenvalue weighted by molar-refractivity contribution is 4.94. The monoisotopic (exact) mass is 282 g/mol. The van der Waals surface area contributed by atoms with E-state index in [2.05, 4.69) is 37.9 Å². The van der Waals surface area contributed by atoms with Crippen LogP contribution in [0.2, 0.25) is 0 Å². The van der Waals surface area contributed by atoms with Crippen molar-refractivity contribution in [3.63, 3.8) is 0 Å². The Hall–Kier alpha value is -0.120. The van der Waals surface area contributed by atoms with Crippen LogP contribution in [0.1, 0.15) is 53.4 Å². The van der Waals surface area contributed by atoms with Gasteiger partial charge in [0, 0.05) is 25.7 Å². The molecule has 20 heavy (non-hydrogen) atoms. The quantitative estimate of drug-likeness (QED) is 0.839. The summed E-state index contributed by atoms with van der Waals surface area (Å²) >= 11 is 0. The number of nitrogens with zero attached hydrogens (tertiary/aromatic N) is 1. The summed E-state index contributed by atoms with van der Waals surface area (Å²) in [6.45, 7) is 14.9. The van der Waals surface area contributed by atoms with E-state index in [0.29, 0.717) is 17.6 Å². The molecular formula is C17H34N2O. The predicted octanol–water partition coefficient (Wildman–Crippen LogP) is 2.90. The van der Waals surface area contributed by atoms with Crippen molar-refractivity contribution in [1.82, 2.24) is 10.2 Å². The van der Waals surface area contributed by atoms with Crippen LogP contribution < -0.4 is 5.32 Å². The summed E-state index contributed by atoms with van der Waals surface area (Å²) in [5.74, 6) is 0.800. The molecule has 1 N–H and O–H groups in total. The molecular weight excluding hydrogens is 248 g/mol. The van der Waals surface area contributed by atoms with E-state index < -0.39 is 0 Å². The van der Waals surface area contributed by atoms with Crippen molar-refractivity contribution in [1.29, 1.82) is 0 Å². The van der Waals surface area contributed by atoms with Gasteiger partial charge < -0.3 is 10.1 Å². The predicted molar refractivity (Wildman–Crippen MR) is 85.1 cm³/mol. The lowest BCUT2D eigenvalue weighted by Gasteiger charge is -2.47. The molecule has 3 atom stereocenters. The molecule has 1 heterocycles. The smallest absolute Gasteiger partial charge is 0.0700 e. The van der Waals surface area contributed by atoms with Crippen LogP contribution in [0.25, 0.3) is 0 Å². The Balaban J connectivity index is 1.95. The minimum absolute atomic E-state index is 0.440. The fraction of sp³-hybridized carbons (Fsp3) is 1.00. The van der Waals surface area contributed by atoms with E-state index in [1.54, 1.807) is 0 Å². The van der Waals surface area contributed by atoms with Gasteiger partial charge in [-0.2, -0.15) is 0 Å². The minimum atomic E-state index is 0.440. The Labute approximate surface area is 125 Å². The van der Waals surface area contributed by atoms with Crippen LogP contribution in [0, 0.1) is 11.3 Å². The normalized spacial score (nSPS) is 35.1. The van der Waals surface area contributed by atoms with Crippen LogP contribution >= 0.6 is 0 Å². The number of hydrogen-bond acceptors (Lipinski definition) is 3. The molecule has 1 saturated carbocycles. The highest BCUT2D eigenvalue weighted by Gasteiger charge is 2.39. The van der Waals surface area contributed by atoms with Crippen molar-refractivity contribution >= 4 is 0 Å². The first-order valence-corrected chi connectivity index (χ1v) is 8.64. The molecule has 1 saturated heterocycles. The molecule has 3 heteroatoms. The summed E-state index contributed by atoms with van der Waals surface area (Å²) in [5.41, 5.74) is 0.440. The molecule has 2 fully saturated rings. The van der Waals surface area contributed by atoms with Gasteiger partial charge in [-0.25, -0.2) is 0 Å². The maximum absolute atomic E-state index is 5.80. The molecule has 1 aliphatic heterocycles. The first-order chi connectivity index (χ1) is 9.56. The van der Waals surface area contributed by atoms with Gasteiger partial charge in [0.05, 0.1) is 12.7 Å². The average Bonchev–Trinajstić information content (AvgIpc) is 2.43. The fourth-order valence-electron chi connectivity index (χ4n) is 4.16. The standard InChI is InChI=1S/C17H34N2O/c1-5-15-13-19(10-11-20-15)12-14-8-7-9-17(3,4)16(14)18-6-2/h14-16,18H,5-13H2,1-4H3. The van der Waals surface area contributed by atoms with Gasteiger partial charge in [-0.1, -0.05) is 34.1 Å². The molecule has 0 spiro atoms. The van der Waals surface area contributed by atoms with Gasteiger partial charge in [0.1, 0.15) is 0 Å². The zero-order valence-electron chi connectivity index (χ0n) is 14.0. The van der Waals surface area contributed by atoms with E-state index in [-0.39, 0.29) is 0 Å². The second-order valence-electron chi connectivity index (χ2n) is 7.34. The van der Waals surface area contributed by atoms with Crippen molar-refractivity contribution in [3.8, 4) is 0 Å². The van der Waals surface area contributed by atoms with Gasteiger partial charge in [-0.05, 0) is 37.1 Å². The Morgan fingerprint density at radius 2 is 2.10 bits per heavy atom. The Morgan fingerprint density at radius 3 is 2.80 bits per heavy atom. The van der Waals surface area contributed by atoms with Crippen molar-refractivity contribution < 1.29 is 4.74 Å². The third-order valence-electron chi connectivity index (χ3n) is 5.30. The molecule has 118 valence electrons. The number of nitrogens with one attached hydrogen (secondary N) is 1. The summed E-state index contributed by atoms with van der Waals surface area (Å²) < 4.78 is 5.80. The van der Waals surface area contributed by atoms with Gasteiger partial charge in [0.15, 0.2) is 0 Å². The van der Waals surface area contributed by atoms with E-state index in [1.165, 1.54) is 25.8 Å². The van der Waals surface area contributed by atoms with Crippen LogP contribution in [0.4, 0.5) is 0 Å². The Bertz CT molecular complexity index is 293. The van der Waals surface area contributed by atoms with E-state index in [4.69, 9.17) is 4.74 Å².